The molecule has 22 nitrogen and oxygen atoms in total. The quantitative estimate of drug-likeness (QED) is 0.0239. The van der Waals surface area contributed by atoms with Gasteiger partial charge in [0.15, 0.2) is 0 Å². The maximum Gasteiger partial charge on any atom is 0.150 e. The molecule has 23 heteroatoms. The van der Waals surface area contributed by atoms with Crippen molar-refractivity contribution in [3.05, 3.63) is 256 Å². The Balaban J connectivity index is 0.000000187. The fourth-order valence-electron chi connectivity index (χ4n) is 15.8. The Bertz CT molecular complexity index is 3930. The Morgan fingerprint density at radius 2 is 0.548 bits per heavy atom. The molecule has 0 aliphatic carbocycles. The van der Waals surface area contributed by atoms with E-state index in [1.165, 1.54) is 94.4 Å². The van der Waals surface area contributed by atoms with Gasteiger partial charge in [-0.25, -0.2) is 8.42 Å². The summed E-state index contributed by atoms with van der Waals surface area (Å²) in [4.78, 5) is 32.2. The van der Waals surface area contributed by atoms with Gasteiger partial charge >= 0.3 is 0 Å². The largest absolute Gasteiger partial charge is 0.381 e. The summed E-state index contributed by atoms with van der Waals surface area (Å²) in [5.41, 5.74) is 16.8. The van der Waals surface area contributed by atoms with Gasteiger partial charge in [-0.2, -0.15) is 0 Å². The van der Waals surface area contributed by atoms with Gasteiger partial charge in [-0.15, -0.1) is 0 Å². The minimum atomic E-state index is -2.90. The molecule has 4 aliphatic rings. The van der Waals surface area contributed by atoms with E-state index in [0.717, 1.165) is 323 Å². The zero-order valence-electron chi connectivity index (χ0n) is 75.8. The van der Waals surface area contributed by atoms with E-state index in [0.29, 0.717) is 12.8 Å². The molecule has 4 saturated heterocycles. The van der Waals surface area contributed by atoms with Crippen LogP contribution >= 0.6 is 0 Å². The maximum absolute atomic E-state index is 12.0. The number of pyridine rings is 3. The topological polar surface area (TPSA) is 241 Å². The van der Waals surface area contributed by atoms with Gasteiger partial charge in [0.05, 0.1) is 22.9 Å². The number of sulfone groups is 1. The van der Waals surface area contributed by atoms with Gasteiger partial charge in [-0.05, 0) is 301 Å². The van der Waals surface area contributed by atoms with E-state index in [1.54, 1.807) is 0 Å². The third kappa shape index (κ3) is 48.1. The molecule has 4 aliphatic heterocycles. The summed E-state index contributed by atoms with van der Waals surface area (Å²) in [6, 6.07) is 55.2. The molecule has 12 rings (SSSR count). The summed E-state index contributed by atoms with van der Waals surface area (Å²) in [6.45, 7) is 36.7. The number of hydrogen-bond acceptors (Lipinski definition) is 22. The normalized spacial score (nSPS) is 18.2. The molecule has 124 heavy (non-hydrogen) atoms. The fourth-order valence-corrected chi connectivity index (χ4v) is 17.2. The number of nitrogens with zero attached hydrogens (tertiary/aromatic N) is 9. The van der Waals surface area contributed by atoms with Gasteiger partial charge in [-0.3, -0.25) is 44.5 Å². The highest BCUT2D eigenvalue weighted by Crippen LogP contribution is 2.18. The molecule has 0 atom stereocenters. The lowest BCUT2D eigenvalue weighted by atomic mass is 10.0. The number of aromatic nitrogens is 5. The molecule has 680 valence electrons. The minimum absolute atomic E-state index is 0.290. The molecule has 0 radical (unpaired) electrons. The van der Waals surface area contributed by atoms with Crippen molar-refractivity contribution in [1.29, 1.82) is 0 Å². The number of aryl methyl sites for hydroxylation is 9. The van der Waals surface area contributed by atoms with Crippen LogP contribution in [0.2, 0.25) is 0 Å². The highest BCUT2D eigenvalue weighted by Gasteiger charge is 2.16. The number of benzene rings is 4. The van der Waals surface area contributed by atoms with E-state index in [9.17, 15) is 8.42 Å². The second-order valence-corrected chi connectivity index (χ2v) is 36.1. The molecule has 4 aromatic heterocycles. The minimum Gasteiger partial charge on any atom is -0.381 e. The van der Waals surface area contributed by atoms with E-state index >= 15 is 0 Å². The Kier molecular flexibility index (Phi) is 53.0. The standard InChI is InChI=1S/C26H41N5.C25H40N6.C25H38N4O2S.C25H38N4O/c1(2-8-26-9-3-4-17-30-26)7-24-10-12-25(13-11-24)23-31-21-6-16-28-19-18-27-14-5-15-29-20-22-31;1-22-19-30-25(20-29-22)6-2-5-23-7-9-24(10-8-23)21-31-17-4-13-27-15-14-26-11-3-12-28-16-18-31;30-32(31)20-4-13-26-16-18-29(19-17-27-14-5-21-32)22-24-11-9-23(10-12-24)6-3-8-25-7-1-2-15-28-25;1-2-15-28-25(7-1)8-3-6-23-9-11-24(12-10-23)22-29-18-16-26-13-4-20-30-21-5-14-27-17-19-29/h3-4,9-13,17,27-29H,1-2,5-8,14-16,18-23H2;7-10,19-20,26-28H,2-6,11-18,21H2,1H3;1-2,7,9-12,15,26-27H,3-6,8,13-14,16-22H2;1-2,7,9-12,15,26-27H,3-6,8,13-14,16-22H2. The third-order valence-electron chi connectivity index (χ3n) is 23.1. The molecule has 8 heterocycles. The maximum atomic E-state index is 12.0. The first kappa shape index (κ1) is 101. The van der Waals surface area contributed by atoms with Crippen molar-refractivity contribution in [3.8, 4) is 0 Å². The molecule has 8 aromatic rings. The van der Waals surface area contributed by atoms with Crippen molar-refractivity contribution < 1.29 is 13.2 Å². The molecule has 0 unspecified atom stereocenters. The fraction of sp³-hybridized carbons (Fsp3) is 0.574. The van der Waals surface area contributed by atoms with Crippen LogP contribution in [0.5, 0.6) is 0 Å². The van der Waals surface area contributed by atoms with E-state index in [4.69, 9.17) is 4.74 Å². The Morgan fingerprint density at radius 3 is 0.879 bits per heavy atom. The van der Waals surface area contributed by atoms with Crippen LogP contribution in [0.4, 0.5) is 0 Å². The van der Waals surface area contributed by atoms with Crippen LogP contribution in [0, 0.1) is 6.92 Å². The summed E-state index contributed by atoms with van der Waals surface area (Å²) in [5, 5.41) is 35.2. The molecule has 10 N–H and O–H groups in total. The molecule has 0 saturated carbocycles. The van der Waals surface area contributed by atoms with Crippen molar-refractivity contribution in [2.45, 2.75) is 168 Å². The highest BCUT2D eigenvalue weighted by molar-refractivity contribution is 7.91. The number of unbranched alkanes of at least 4 members (excludes halogenated alkanes) is 1. The van der Waals surface area contributed by atoms with Crippen molar-refractivity contribution in [2.75, 3.05) is 208 Å². The Labute approximate surface area is 747 Å². The second kappa shape index (κ2) is 65.3. The van der Waals surface area contributed by atoms with Gasteiger partial charge in [0.2, 0.25) is 0 Å². The predicted octanol–water partition coefficient (Wildman–Crippen LogP) is 10.8. The van der Waals surface area contributed by atoms with Crippen LogP contribution in [-0.2, 0) is 92.1 Å². The molecule has 0 amide bonds. The summed E-state index contributed by atoms with van der Waals surface area (Å²) in [7, 11) is -2.90. The van der Waals surface area contributed by atoms with Crippen molar-refractivity contribution in [2.24, 2.45) is 0 Å². The average molecular weight is 1720 g/mol. The Hall–Kier alpha value is -7.24. The smallest absolute Gasteiger partial charge is 0.150 e. The van der Waals surface area contributed by atoms with Crippen LogP contribution in [0.15, 0.2) is 183 Å². The van der Waals surface area contributed by atoms with Crippen LogP contribution in [0.1, 0.15) is 156 Å². The monoisotopic (exact) mass is 1720 g/mol. The van der Waals surface area contributed by atoms with Gasteiger partial charge in [0.1, 0.15) is 9.84 Å². The number of hydrogen-bond donors (Lipinski definition) is 10. The number of ether oxygens (including phenoxy) is 1. The van der Waals surface area contributed by atoms with E-state index in [2.05, 4.69) is 225 Å². The second-order valence-electron chi connectivity index (χ2n) is 33.8. The number of nitrogens with one attached hydrogen (secondary N) is 10. The first-order chi connectivity index (χ1) is 61.2. The van der Waals surface area contributed by atoms with Crippen molar-refractivity contribution in [3.63, 3.8) is 0 Å². The van der Waals surface area contributed by atoms with Gasteiger partial charge < -0.3 is 57.9 Å². The third-order valence-corrected chi connectivity index (χ3v) is 25.0. The van der Waals surface area contributed by atoms with Crippen LogP contribution in [0.3, 0.4) is 0 Å². The van der Waals surface area contributed by atoms with E-state index in [-0.39, 0.29) is 11.5 Å². The zero-order valence-corrected chi connectivity index (χ0v) is 76.6. The predicted molar refractivity (Wildman–Crippen MR) is 514 cm³/mol. The molecular formula is C101H157N19O3S. The molecular weight excluding hydrogens is 1560 g/mol. The summed E-state index contributed by atoms with van der Waals surface area (Å²) in [5.74, 6) is 0.579. The molecule has 0 bridgehead atoms. The highest BCUT2D eigenvalue weighted by atomic mass is 32.2. The van der Waals surface area contributed by atoms with Crippen LogP contribution in [-0.4, -0.2) is 261 Å². The van der Waals surface area contributed by atoms with Crippen molar-refractivity contribution >= 4 is 9.84 Å². The molecule has 0 spiro atoms. The average Bonchev–Trinajstić information content (AvgIpc) is 0.903. The van der Waals surface area contributed by atoms with Crippen LogP contribution in [0.25, 0.3) is 0 Å². The van der Waals surface area contributed by atoms with E-state index in [1.807, 2.05) is 62.2 Å². The lowest BCUT2D eigenvalue weighted by Gasteiger charge is -2.23. The van der Waals surface area contributed by atoms with E-state index < -0.39 is 9.84 Å². The van der Waals surface area contributed by atoms with Gasteiger partial charge in [-0.1, -0.05) is 115 Å². The number of rotatable bonds is 25. The lowest BCUT2D eigenvalue weighted by molar-refractivity contribution is 0.128. The lowest BCUT2D eigenvalue weighted by Crippen LogP contribution is -2.37. The summed E-state index contributed by atoms with van der Waals surface area (Å²) < 4.78 is 29.6. The summed E-state index contributed by atoms with van der Waals surface area (Å²) >= 11 is 0. The van der Waals surface area contributed by atoms with Crippen LogP contribution < -0.4 is 53.2 Å². The summed E-state index contributed by atoms with van der Waals surface area (Å²) in [6.07, 6.45) is 32.1. The zero-order chi connectivity index (χ0) is 86.1. The first-order valence-electron chi connectivity index (χ1n) is 47.7. The molecule has 4 aromatic carbocycles. The molecule has 4 fully saturated rings. The first-order valence-corrected chi connectivity index (χ1v) is 49.6. The SMILES string of the molecule is Cc1cnc(CCCc2ccc(CN3CCCNCCNCCCNCC3)cc2)cn1.O=S1(=O)CCCNCCN(Cc2ccc(CCCc3ccccn3)cc2)CCNCCC1.c1ccc(CCCCc2ccc(CN3CCCNCCNCCCNCC3)cc2)nc1.c1ccc(CCCc2ccc(CN3CCNCCCOCCCNCC3)cc2)nc1. The van der Waals surface area contributed by atoms with Gasteiger partial charge in [0, 0.05) is 192 Å². The van der Waals surface area contributed by atoms with Crippen molar-refractivity contribution in [1.82, 2.24) is 97.7 Å². The van der Waals surface area contributed by atoms with Gasteiger partial charge in [0.25, 0.3) is 0 Å². The Morgan fingerprint density at radius 1 is 0.266 bits per heavy atom.